The number of nitrogens with zero attached hydrogens (tertiary/aromatic N) is 3. The number of amides is 1. The number of hydrogen-bond acceptors (Lipinski definition) is 6. The van der Waals surface area contributed by atoms with Gasteiger partial charge < -0.3 is 20.8 Å². The summed E-state index contributed by atoms with van der Waals surface area (Å²) in [6, 6.07) is 20.0. The zero-order valence-corrected chi connectivity index (χ0v) is 20.4. The third-order valence-corrected chi connectivity index (χ3v) is 7.39. The summed E-state index contributed by atoms with van der Waals surface area (Å²) in [5, 5.41) is 8.75. The summed E-state index contributed by atoms with van der Waals surface area (Å²) in [6.45, 7) is 2.50. The molecular weight excluding hydrogens is 438 g/mol. The minimum Gasteiger partial charge on any atom is -0.421 e. The normalized spacial score (nSPS) is 22.8. The minimum absolute atomic E-state index is 0.00186. The van der Waals surface area contributed by atoms with E-state index in [0.717, 1.165) is 18.4 Å². The van der Waals surface area contributed by atoms with Crippen LogP contribution in [0.15, 0.2) is 65.1 Å². The molecule has 2 aliphatic rings. The van der Waals surface area contributed by atoms with Crippen LogP contribution in [-0.2, 0) is 23.2 Å². The molecular formula is C28H35N5O2. The molecule has 3 aromatic rings. The summed E-state index contributed by atoms with van der Waals surface area (Å²) < 4.78 is 6.21. The SMILES string of the molecule is C[C@@](N)(Cc1ccccc1)c1nnc([C@H](CCc2ccccc2)N2CCC(N)(CC3CC3)C2=O)o1. The van der Waals surface area contributed by atoms with Crippen LogP contribution in [-0.4, -0.2) is 33.1 Å². The first-order valence-corrected chi connectivity index (χ1v) is 12.6. The van der Waals surface area contributed by atoms with Gasteiger partial charge in [-0.05, 0) is 56.1 Å². The molecule has 1 aliphatic heterocycles. The van der Waals surface area contributed by atoms with E-state index < -0.39 is 11.1 Å². The Balaban J connectivity index is 1.39. The third kappa shape index (κ3) is 5.31. The van der Waals surface area contributed by atoms with Crippen molar-refractivity contribution >= 4 is 5.91 Å². The largest absolute Gasteiger partial charge is 0.421 e. The van der Waals surface area contributed by atoms with Crippen molar-refractivity contribution in [3.05, 3.63) is 83.6 Å². The van der Waals surface area contributed by atoms with Crippen molar-refractivity contribution < 1.29 is 9.21 Å². The summed E-state index contributed by atoms with van der Waals surface area (Å²) in [5.74, 6) is 1.40. The maximum atomic E-state index is 13.5. The molecule has 7 heteroatoms. The highest BCUT2D eigenvalue weighted by Crippen LogP contribution is 2.42. The summed E-state index contributed by atoms with van der Waals surface area (Å²) >= 11 is 0. The second-order valence-corrected chi connectivity index (χ2v) is 10.6. The van der Waals surface area contributed by atoms with Crippen LogP contribution in [0.1, 0.15) is 68.0 Å². The van der Waals surface area contributed by atoms with E-state index >= 15 is 0 Å². The number of aromatic nitrogens is 2. The van der Waals surface area contributed by atoms with E-state index in [9.17, 15) is 4.79 Å². The lowest BCUT2D eigenvalue weighted by Crippen LogP contribution is -2.49. The molecule has 1 aromatic heterocycles. The van der Waals surface area contributed by atoms with Crippen LogP contribution >= 0.6 is 0 Å². The van der Waals surface area contributed by atoms with Gasteiger partial charge in [0.05, 0.1) is 11.1 Å². The van der Waals surface area contributed by atoms with Crippen molar-refractivity contribution in [3.63, 3.8) is 0 Å². The smallest absolute Gasteiger partial charge is 0.243 e. The Labute approximate surface area is 206 Å². The van der Waals surface area contributed by atoms with Crippen LogP contribution in [0.4, 0.5) is 0 Å². The fraction of sp³-hybridized carbons (Fsp3) is 0.464. The molecule has 5 rings (SSSR count). The number of carbonyl (C=O) groups excluding carboxylic acids is 1. The molecule has 3 atom stereocenters. The Bertz CT molecular complexity index is 1140. The molecule has 1 saturated carbocycles. The van der Waals surface area contributed by atoms with Gasteiger partial charge in [-0.25, -0.2) is 0 Å². The zero-order chi connectivity index (χ0) is 24.5. The quantitative estimate of drug-likeness (QED) is 0.462. The van der Waals surface area contributed by atoms with Crippen LogP contribution in [0, 0.1) is 5.92 Å². The Morgan fingerprint density at radius 1 is 1.09 bits per heavy atom. The van der Waals surface area contributed by atoms with E-state index in [1.807, 2.05) is 60.4 Å². The highest BCUT2D eigenvalue weighted by molar-refractivity contribution is 5.88. The molecule has 2 fully saturated rings. The summed E-state index contributed by atoms with van der Waals surface area (Å²) in [6.07, 6.45) is 5.81. The van der Waals surface area contributed by atoms with E-state index in [0.29, 0.717) is 43.5 Å². The van der Waals surface area contributed by atoms with Gasteiger partial charge >= 0.3 is 0 Å². The number of hydrogen-bond donors (Lipinski definition) is 2. The Kier molecular flexibility index (Phi) is 6.47. The minimum atomic E-state index is -0.824. The van der Waals surface area contributed by atoms with Crippen molar-refractivity contribution in [1.82, 2.24) is 15.1 Å². The van der Waals surface area contributed by atoms with Gasteiger partial charge in [-0.3, -0.25) is 4.79 Å². The monoisotopic (exact) mass is 473 g/mol. The second kappa shape index (κ2) is 9.55. The van der Waals surface area contributed by atoms with Crippen molar-refractivity contribution in [3.8, 4) is 0 Å². The molecule has 1 amide bonds. The first-order valence-electron chi connectivity index (χ1n) is 12.6. The molecule has 1 aliphatic carbocycles. The predicted molar refractivity (Wildman–Crippen MR) is 134 cm³/mol. The van der Waals surface area contributed by atoms with E-state index in [1.54, 1.807) is 0 Å². The maximum absolute atomic E-state index is 13.5. The molecule has 4 N–H and O–H groups in total. The highest BCUT2D eigenvalue weighted by atomic mass is 16.4. The Hall–Kier alpha value is -3.03. The summed E-state index contributed by atoms with van der Waals surface area (Å²) in [7, 11) is 0. The number of aryl methyl sites for hydroxylation is 1. The number of carbonyl (C=O) groups is 1. The first kappa shape index (κ1) is 23.7. The molecule has 1 unspecified atom stereocenters. The van der Waals surface area contributed by atoms with Crippen LogP contribution < -0.4 is 11.5 Å². The lowest BCUT2D eigenvalue weighted by Gasteiger charge is -2.28. The lowest BCUT2D eigenvalue weighted by molar-refractivity contribution is -0.135. The standard InChI is InChI=1S/C28H35N5O2/c1-27(29,18-21-10-6-3-7-11-21)25-32-31-24(35-25)23(15-14-20-8-4-2-5-9-20)33-17-16-28(30,26(33)34)19-22-12-13-22/h2-11,22-23H,12-19,29-30H2,1H3/t23-,27+,28?/m0/s1. The number of likely N-dealkylation sites (tertiary alicyclic amines) is 1. The van der Waals surface area contributed by atoms with Gasteiger partial charge in [0.25, 0.3) is 0 Å². The topological polar surface area (TPSA) is 111 Å². The van der Waals surface area contributed by atoms with Gasteiger partial charge in [0.2, 0.25) is 17.7 Å². The van der Waals surface area contributed by atoms with Crippen LogP contribution in [0.25, 0.3) is 0 Å². The van der Waals surface area contributed by atoms with Crippen molar-refractivity contribution in [2.45, 2.75) is 69.0 Å². The average molecular weight is 474 g/mol. The van der Waals surface area contributed by atoms with Gasteiger partial charge in [0.1, 0.15) is 6.04 Å². The van der Waals surface area contributed by atoms with Crippen molar-refractivity contribution in [1.29, 1.82) is 0 Å². The van der Waals surface area contributed by atoms with E-state index in [2.05, 4.69) is 22.3 Å². The van der Waals surface area contributed by atoms with Gasteiger partial charge in [-0.15, -0.1) is 10.2 Å². The fourth-order valence-electron chi connectivity index (χ4n) is 5.19. The zero-order valence-electron chi connectivity index (χ0n) is 20.4. The second-order valence-electron chi connectivity index (χ2n) is 10.6. The molecule has 184 valence electrons. The Morgan fingerprint density at radius 3 is 2.40 bits per heavy atom. The Morgan fingerprint density at radius 2 is 1.74 bits per heavy atom. The predicted octanol–water partition coefficient (Wildman–Crippen LogP) is 3.89. The fourth-order valence-corrected chi connectivity index (χ4v) is 5.19. The lowest BCUT2D eigenvalue weighted by atomic mass is 9.92. The van der Waals surface area contributed by atoms with Gasteiger partial charge in [-0.1, -0.05) is 73.5 Å². The maximum Gasteiger partial charge on any atom is 0.243 e. The van der Waals surface area contributed by atoms with Crippen LogP contribution in [0.5, 0.6) is 0 Å². The molecule has 2 aromatic carbocycles. The van der Waals surface area contributed by atoms with Crippen LogP contribution in [0.2, 0.25) is 0 Å². The molecule has 2 heterocycles. The number of rotatable bonds is 10. The van der Waals surface area contributed by atoms with E-state index in [4.69, 9.17) is 15.9 Å². The van der Waals surface area contributed by atoms with E-state index in [-0.39, 0.29) is 11.9 Å². The molecule has 0 spiro atoms. The number of benzene rings is 2. The summed E-state index contributed by atoms with van der Waals surface area (Å²) in [5.41, 5.74) is 14.0. The van der Waals surface area contributed by atoms with E-state index in [1.165, 1.54) is 18.4 Å². The highest BCUT2D eigenvalue weighted by Gasteiger charge is 2.49. The molecule has 0 radical (unpaired) electrons. The van der Waals surface area contributed by atoms with Crippen LogP contribution in [0.3, 0.4) is 0 Å². The van der Waals surface area contributed by atoms with Crippen molar-refractivity contribution in [2.75, 3.05) is 6.54 Å². The summed E-state index contributed by atoms with van der Waals surface area (Å²) in [4.78, 5) is 15.4. The molecule has 0 bridgehead atoms. The first-order chi connectivity index (χ1) is 16.8. The number of nitrogens with two attached hydrogens (primary N) is 2. The molecule has 1 saturated heterocycles. The molecule has 7 nitrogen and oxygen atoms in total. The van der Waals surface area contributed by atoms with Gasteiger partial charge in [0.15, 0.2) is 0 Å². The van der Waals surface area contributed by atoms with Crippen molar-refractivity contribution in [2.24, 2.45) is 17.4 Å². The third-order valence-electron chi connectivity index (χ3n) is 7.39. The average Bonchev–Trinajstić information content (AvgIpc) is 3.42. The van der Waals surface area contributed by atoms with Gasteiger partial charge in [-0.2, -0.15) is 0 Å². The van der Waals surface area contributed by atoms with Gasteiger partial charge in [0, 0.05) is 6.54 Å². The molecule has 35 heavy (non-hydrogen) atoms.